The monoisotopic (exact) mass is 391 g/mol. The molecule has 0 aromatic heterocycles. The van der Waals surface area contributed by atoms with Gasteiger partial charge in [-0.1, -0.05) is 30.3 Å². The number of anilines is 1. The molecule has 2 aromatic carbocycles. The van der Waals surface area contributed by atoms with Crippen molar-refractivity contribution in [2.45, 2.75) is 19.1 Å². The number of halogens is 3. The van der Waals surface area contributed by atoms with Crippen LogP contribution in [0.1, 0.15) is 24.1 Å². The van der Waals surface area contributed by atoms with Crippen molar-refractivity contribution in [1.29, 1.82) is 0 Å². The first-order valence-electron chi connectivity index (χ1n) is 8.07. The molecule has 1 atom stereocenters. The Morgan fingerprint density at radius 2 is 1.70 bits per heavy atom. The van der Waals surface area contributed by atoms with Crippen LogP contribution in [0.25, 0.3) is 0 Å². The quantitative estimate of drug-likeness (QED) is 0.689. The third kappa shape index (κ3) is 4.28. The van der Waals surface area contributed by atoms with Crippen LogP contribution in [0.5, 0.6) is 0 Å². The minimum absolute atomic E-state index is 0.300. The second kappa shape index (κ2) is 7.40. The van der Waals surface area contributed by atoms with E-state index in [1.54, 1.807) is 31.2 Å². The normalized spacial score (nSPS) is 17.2. The smallest absolute Gasteiger partial charge is 0.351 e. The molecule has 0 aliphatic carbocycles. The van der Waals surface area contributed by atoms with Crippen LogP contribution >= 0.6 is 12.2 Å². The van der Waals surface area contributed by atoms with Gasteiger partial charge < -0.3 is 16.0 Å². The zero-order valence-corrected chi connectivity index (χ0v) is 15.0. The van der Waals surface area contributed by atoms with E-state index >= 15 is 0 Å². The zero-order chi connectivity index (χ0) is 19.6. The van der Waals surface area contributed by atoms with Gasteiger partial charge in [-0.15, -0.1) is 0 Å². The summed E-state index contributed by atoms with van der Waals surface area (Å²) < 4.78 is 38.4. The maximum atomic E-state index is 12.8. The molecule has 4 nitrogen and oxygen atoms in total. The van der Waals surface area contributed by atoms with Gasteiger partial charge in [0.15, 0.2) is 5.11 Å². The maximum Gasteiger partial charge on any atom is 0.416 e. The van der Waals surface area contributed by atoms with E-state index in [0.29, 0.717) is 27.6 Å². The molecular weight excluding hydrogens is 375 g/mol. The predicted molar refractivity (Wildman–Crippen MR) is 101 cm³/mol. The van der Waals surface area contributed by atoms with Gasteiger partial charge in [-0.25, -0.2) is 0 Å². The van der Waals surface area contributed by atoms with Crippen LogP contribution in [-0.2, 0) is 11.0 Å². The van der Waals surface area contributed by atoms with Crippen LogP contribution in [0.4, 0.5) is 18.9 Å². The van der Waals surface area contributed by atoms with Crippen molar-refractivity contribution in [2.75, 3.05) is 5.32 Å². The van der Waals surface area contributed by atoms with E-state index in [0.717, 1.165) is 12.1 Å². The summed E-state index contributed by atoms with van der Waals surface area (Å²) >= 11 is 5.15. The lowest BCUT2D eigenvalue weighted by molar-refractivity contribution is -0.137. The number of nitrogens with one attached hydrogen (secondary N) is 3. The van der Waals surface area contributed by atoms with Crippen molar-refractivity contribution in [3.05, 3.63) is 77.0 Å². The molecule has 140 valence electrons. The highest BCUT2D eigenvalue weighted by Crippen LogP contribution is 2.32. The molecule has 0 spiro atoms. The summed E-state index contributed by atoms with van der Waals surface area (Å²) in [6, 6.07) is 12.9. The van der Waals surface area contributed by atoms with E-state index in [1.807, 2.05) is 6.07 Å². The number of carbonyl (C=O) groups is 1. The van der Waals surface area contributed by atoms with Gasteiger partial charge in [-0.05, 0) is 49.0 Å². The molecule has 27 heavy (non-hydrogen) atoms. The molecule has 0 bridgehead atoms. The number of alkyl halides is 3. The van der Waals surface area contributed by atoms with Crippen molar-refractivity contribution in [2.24, 2.45) is 0 Å². The van der Waals surface area contributed by atoms with Crippen molar-refractivity contribution in [3.63, 3.8) is 0 Å². The zero-order valence-electron chi connectivity index (χ0n) is 14.2. The number of hydrogen-bond donors (Lipinski definition) is 3. The van der Waals surface area contributed by atoms with Gasteiger partial charge >= 0.3 is 6.18 Å². The van der Waals surface area contributed by atoms with Crippen molar-refractivity contribution >= 4 is 28.9 Å². The molecule has 1 heterocycles. The molecule has 0 saturated heterocycles. The molecule has 0 fully saturated rings. The molecule has 3 N–H and O–H groups in total. The second-order valence-electron chi connectivity index (χ2n) is 6.01. The van der Waals surface area contributed by atoms with E-state index in [9.17, 15) is 18.0 Å². The largest absolute Gasteiger partial charge is 0.416 e. The van der Waals surface area contributed by atoms with Crippen LogP contribution in [0, 0.1) is 0 Å². The fourth-order valence-electron chi connectivity index (χ4n) is 2.83. The number of benzene rings is 2. The van der Waals surface area contributed by atoms with E-state index in [2.05, 4.69) is 16.0 Å². The number of rotatable bonds is 3. The van der Waals surface area contributed by atoms with Crippen LogP contribution in [0.15, 0.2) is 65.9 Å². The van der Waals surface area contributed by atoms with Gasteiger partial charge in [-0.2, -0.15) is 13.2 Å². The van der Waals surface area contributed by atoms with E-state index in [4.69, 9.17) is 12.2 Å². The molecule has 1 amide bonds. The number of thiocarbonyl (C=S) groups is 1. The fraction of sp³-hybridized carbons (Fsp3) is 0.158. The topological polar surface area (TPSA) is 53.2 Å². The Labute approximate surface area is 159 Å². The summed E-state index contributed by atoms with van der Waals surface area (Å²) in [7, 11) is 0. The summed E-state index contributed by atoms with van der Waals surface area (Å²) in [5.41, 5.74) is 1.26. The second-order valence-corrected chi connectivity index (χ2v) is 6.42. The van der Waals surface area contributed by atoms with Gasteiger partial charge in [0, 0.05) is 11.4 Å². The fourth-order valence-corrected chi connectivity index (χ4v) is 3.10. The standard InChI is InChI=1S/C19H16F3N3OS/c1-11-15(17(26)24-14-5-3-2-4-6-14)16(25-18(27)23-11)12-7-9-13(10-8-12)19(20,21)22/h2-10,16H,1H3,(H,24,26)(H2,23,25,27)/t16-/m0/s1. The average molecular weight is 391 g/mol. The average Bonchev–Trinajstić information content (AvgIpc) is 2.61. The van der Waals surface area contributed by atoms with Crippen molar-refractivity contribution in [1.82, 2.24) is 10.6 Å². The Morgan fingerprint density at radius 1 is 1.07 bits per heavy atom. The van der Waals surface area contributed by atoms with Crippen molar-refractivity contribution in [3.8, 4) is 0 Å². The lowest BCUT2D eigenvalue weighted by atomic mass is 9.94. The molecule has 0 saturated carbocycles. The molecule has 1 aliphatic heterocycles. The Kier molecular flexibility index (Phi) is 5.18. The van der Waals surface area contributed by atoms with Crippen LogP contribution in [-0.4, -0.2) is 11.0 Å². The number of carbonyl (C=O) groups excluding carboxylic acids is 1. The third-order valence-electron chi connectivity index (χ3n) is 4.12. The Hall–Kier alpha value is -2.87. The van der Waals surface area contributed by atoms with Gasteiger partial charge in [0.2, 0.25) is 0 Å². The Bertz CT molecular complexity index is 893. The molecule has 0 unspecified atom stereocenters. The highest BCUT2D eigenvalue weighted by Gasteiger charge is 2.33. The van der Waals surface area contributed by atoms with E-state index in [1.165, 1.54) is 12.1 Å². The molecule has 2 aromatic rings. The molecule has 1 aliphatic rings. The van der Waals surface area contributed by atoms with E-state index in [-0.39, 0.29) is 5.91 Å². The summed E-state index contributed by atoms with van der Waals surface area (Å²) in [5, 5.41) is 8.94. The van der Waals surface area contributed by atoms with Crippen LogP contribution in [0.2, 0.25) is 0 Å². The third-order valence-corrected chi connectivity index (χ3v) is 4.34. The highest BCUT2D eigenvalue weighted by molar-refractivity contribution is 7.80. The minimum Gasteiger partial charge on any atom is -0.351 e. The predicted octanol–water partition coefficient (Wildman–Crippen LogP) is 4.14. The minimum atomic E-state index is -4.42. The first-order chi connectivity index (χ1) is 12.8. The molecule has 0 radical (unpaired) electrons. The maximum absolute atomic E-state index is 12.8. The summed E-state index contributed by atoms with van der Waals surface area (Å²) in [4.78, 5) is 12.8. The molecule has 3 rings (SSSR count). The first-order valence-corrected chi connectivity index (χ1v) is 8.48. The summed E-state index contributed by atoms with van der Waals surface area (Å²) in [6.07, 6.45) is -4.42. The molecule has 8 heteroatoms. The summed E-state index contributed by atoms with van der Waals surface area (Å²) in [5.74, 6) is -0.369. The number of allylic oxidation sites excluding steroid dienone is 1. The number of para-hydroxylation sites is 1. The number of hydrogen-bond acceptors (Lipinski definition) is 2. The van der Waals surface area contributed by atoms with Crippen LogP contribution in [0.3, 0.4) is 0 Å². The summed E-state index contributed by atoms with van der Waals surface area (Å²) in [6.45, 7) is 1.70. The van der Waals surface area contributed by atoms with E-state index < -0.39 is 17.8 Å². The van der Waals surface area contributed by atoms with Gasteiger partial charge in [0.1, 0.15) is 0 Å². The SMILES string of the molecule is CC1=C(C(=O)Nc2ccccc2)[C@H](c2ccc(C(F)(F)F)cc2)NC(=S)N1. The molecular formula is C19H16F3N3OS. The number of amides is 1. The van der Waals surface area contributed by atoms with Crippen LogP contribution < -0.4 is 16.0 Å². The Balaban J connectivity index is 1.93. The van der Waals surface area contributed by atoms with Gasteiger partial charge in [0.05, 0.1) is 17.2 Å². The van der Waals surface area contributed by atoms with Gasteiger partial charge in [0.25, 0.3) is 5.91 Å². The lowest BCUT2D eigenvalue weighted by Gasteiger charge is -2.30. The highest BCUT2D eigenvalue weighted by atomic mass is 32.1. The lowest BCUT2D eigenvalue weighted by Crippen LogP contribution is -2.45. The van der Waals surface area contributed by atoms with Gasteiger partial charge in [-0.3, -0.25) is 4.79 Å². The Morgan fingerprint density at radius 3 is 2.30 bits per heavy atom. The van der Waals surface area contributed by atoms with Crippen molar-refractivity contribution < 1.29 is 18.0 Å². The first kappa shape index (κ1) is 18.9.